The van der Waals surface area contributed by atoms with Crippen LogP contribution in [0.2, 0.25) is 0 Å². The molecule has 1 aliphatic heterocycles. The van der Waals surface area contributed by atoms with Gasteiger partial charge < -0.3 is 20.3 Å². The highest BCUT2D eigenvalue weighted by Gasteiger charge is 2.68. The summed E-state index contributed by atoms with van der Waals surface area (Å²) in [4.78, 5) is 28.2. The van der Waals surface area contributed by atoms with Gasteiger partial charge in [0.05, 0.1) is 17.8 Å². The van der Waals surface area contributed by atoms with Gasteiger partial charge in [-0.3, -0.25) is 9.59 Å². The van der Waals surface area contributed by atoms with Crippen LogP contribution in [-0.2, 0) is 20.7 Å². The zero-order valence-electron chi connectivity index (χ0n) is 21.2. The first-order valence-corrected chi connectivity index (χ1v) is 12.7. The molecule has 1 aromatic rings. The normalized spacial score (nSPS) is 43.0. The fourth-order valence-electron chi connectivity index (χ4n) is 7.02. The molecule has 6 nitrogen and oxygen atoms in total. The molecule has 9 atom stereocenters. The fourth-order valence-corrected chi connectivity index (χ4v) is 7.02. The van der Waals surface area contributed by atoms with Crippen molar-refractivity contribution in [3.8, 4) is 0 Å². The van der Waals surface area contributed by atoms with Crippen LogP contribution in [0.5, 0.6) is 0 Å². The number of aliphatic hydroxyl groups is 2. The lowest BCUT2D eigenvalue weighted by Crippen LogP contribution is -2.59. The van der Waals surface area contributed by atoms with Gasteiger partial charge in [-0.15, -0.1) is 0 Å². The van der Waals surface area contributed by atoms with Gasteiger partial charge in [-0.05, 0) is 49.2 Å². The summed E-state index contributed by atoms with van der Waals surface area (Å²) < 4.78 is 5.65. The molecule has 1 saturated carbocycles. The van der Waals surface area contributed by atoms with Crippen molar-refractivity contribution < 1.29 is 24.5 Å². The number of benzene rings is 1. The zero-order valence-corrected chi connectivity index (χ0v) is 21.2. The minimum absolute atomic E-state index is 0.103. The second-order valence-corrected chi connectivity index (χ2v) is 11.2. The van der Waals surface area contributed by atoms with E-state index in [9.17, 15) is 19.8 Å². The Morgan fingerprint density at radius 1 is 1.20 bits per heavy atom. The minimum Gasteiger partial charge on any atom is -0.388 e. The van der Waals surface area contributed by atoms with E-state index in [0.717, 1.165) is 5.56 Å². The summed E-state index contributed by atoms with van der Waals surface area (Å²) in [5.41, 5.74) is -0.969. The Balaban J connectivity index is 1.85. The molecule has 1 unspecified atom stereocenters. The van der Waals surface area contributed by atoms with Crippen LogP contribution in [0.3, 0.4) is 0 Å². The van der Waals surface area contributed by atoms with E-state index in [1.807, 2.05) is 56.3 Å². The largest absolute Gasteiger partial charge is 0.388 e. The van der Waals surface area contributed by atoms with Gasteiger partial charge in [0.25, 0.3) is 0 Å². The summed E-state index contributed by atoms with van der Waals surface area (Å²) in [6.45, 7) is 9.90. The van der Waals surface area contributed by atoms with Crippen LogP contribution in [-0.4, -0.2) is 52.9 Å². The predicted octanol–water partition coefficient (Wildman–Crippen LogP) is 3.22. The van der Waals surface area contributed by atoms with Gasteiger partial charge >= 0.3 is 0 Å². The van der Waals surface area contributed by atoms with Crippen LogP contribution in [0.25, 0.3) is 0 Å². The number of aliphatic hydroxyl groups excluding tert-OH is 1. The van der Waals surface area contributed by atoms with E-state index < -0.39 is 29.1 Å². The number of ether oxygens (including phenoxy) is 1. The van der Waals surface area contributed by atoms with Gasteiger partial charge in [0, 0.05) is 31.4 Å². The number of carbonyl (C=O) groups is 2. The highest BCUT2D eigenvalue weighted by atomic mass is 16.5. The van der Waals surface area contributed by atoms with Gasteiger partial charge in [0.1, 0.15) is 5.41 Å². The average molecular weight is 482 g/mol. The predicted molar refractivity (Wildman–Crippen MR) is 134 cm³/mol. The maximum Gasteiger partial charge on any atom is 0.235 e. The number of Topliss-reactive ketones (excluding diaryl/α,β-unsaturated/α-hetero) is 1. The Morgan fingerprint density at radius 3 is 2.54 bits per heavy atom. The second-order valence-electron chi connectivity index (χ2n) is 11.2. The Hall–Kier alpha value is -2.28. The molecule has 0 aromatic heterocycles. The van der Waals surface area contributed by atoms with Crippen molar-refractivity contribution in [2.45, 2.75) is 70.3 Å². The van der Waals surface area contributed by atoms with E-state index >= 15 is 0 Å². The van der Waals surface area contributed by atoms with Crippen LogP contribution in [0.4, 0.5) is 0 Å². The van der Waals surface area contributed by atoms with Crippen molar-refractivity contribution in [2.75, 3.05) is 7.11 Å². The van der Waals surface area contributed by atoms with Crippen molar-refractivity contribution in [2.24, 2.45) is 29.1 Å². The average Bonchev–Trinajstić information content (AvgIpc) is 3.09. The standard InChI is InChI=1S/C29H39NO5/c1-17-10-9-13-21-26(32)19(3)18(2)25-22(14-20-11-7-6-8-12-20)30-27(33)29(21,25)23(31)15-24(35-5)28(4,34)16-17/h6-9,11-13,17-18,21-22,24-26,32,34H,3,10,14-16H2,1-2,4-5H3,(H,30,33)/b13-9+/t17-,18-,21+,22+,24?,25+,26-,28-,29+/m1/s1. The van der Waals surface area contributed by atoms with E-state index in [1.165, 1.54) is 7.11 Å². The van der Waals surface area contributed by atoms with Crippen LogP contribution >= 0.6 is 0 Å². The number of ketones is 1. The number of rotatable bonds is 3. The zero-order chi connectivity index (χ0) is 25.5. The van der Waals surface area contributed by atoms with Crippen LogP contribution in [0.15, 0.2) is 54.6 Å². The molecule has 1 heterocycles. The molecular weight excluding hydrogens is 442 g/mol. The van der Waals surface area contributed by atoms with E-state index in [1.54, 1.807) is 6.92 Å². The molecule has 1 spiro atoms. The topological polar surface area (TPSA) is 95.9 Å². The molecule has 3 aliphatic rings. The molecule has 1 aromatic carbocycles. The first-order chi connectivity index (χ1) is 16.5. The van der Waals surface area contributed by atoms with Crippen molar-refractivity contribution in [3.05, 3.63) is 60.2 Å². The summed E-state index contributed by atoms with van der Waals surface area (Å²) in [5.74, 6) is -1.86. The molecule has 2 fully saturated rings. The highest BCUT2D eigenvalue weighted by molar-refractivity contribution is 6.09. The lowest BCUT2D eigenvalue weighted by Gasteiger charge is -2.49. The molecule has 1 saturated heterocycles. The number of hydrogen-bond donors (Lipinski definition) is 3. The Labute approximate surface area is 208 Å². The lowest BCUT2D eigenvalue weighted by molar-refractivity contribution is -0.157. The molecule has 0 bridgehead atoms. The lowest BCUT2D eigenvalue weighted by atomic mass is 9.51. The van der Waals surface area contributed by atoms with Crippen LogP contribution in [0, 0.1) is 29.1 Å². The minimum atomic E-state index is -1.46. The Bertz CT molecular complexity index is 1000. The highest BCUT2D eigenvalue weighted by Crippen LogP contribution is 2.57. The number of carbonyl (C=O) groups excluding carboxylic acids is 2. The molecular formula is C29H39NO5. The summed E-state index contributed by atoms with van der Waals surface area (Å²) in [6, 6.07) is 9.63. The number of nitrogens with one attached hydrogen (secondary N) is 1. The van der Waals surface area contributed by atoms with Crippen LogP contribution in [0.1, 0.15) is 45.6 Å². The number of hydrogen-bond acceptors (Lipinski definition) is 5. The van der Waals surface area contributed by atoms with Gasteiger partial charge in [-0.2, -0.15) is 0 Å². The number of methoxy groups -OCH3 is 1. The monoisotopic (exact) mass is 481 g/mol. The summed E-state index contributed by atoms with van der Waals surface area (Å²) in [7, 11) is 1.49. The second kappa shape index (κ2) is 9.64. The molecule has 2 aliphatic carbocycles. The van der Waals surface area contributed by atoms with Gasteiger partial charge in [0.15, 0.2) is 5.78 Å². The SMILES string of the molecule is C=C1[C@@H](C)[C@H]2[C@H](Cc3ccccc3)NC(=O)[C@@]23C(=O)CC(OC)[C@](C)(O)C[C@H](C)C/C=C/[C@H]3[C@@H]1O. The Kier molecular flexibility index (Phi) is 7.11. The smallest absolute Gasteiger partial charge is 0.235 e. The molecule has 190 valence electrons. The van der Waals surface area contributed by atoms with Gasteiger partial charge in [-0.1, -0.05) is 62.9 Å². The van der Waals surface area contributed by atoms with E-state index in [0.29, 0.717) is 24.8 Å². The van der Waals surface area contributed by atoms with E-state index in [4.69, 9.17) is 4.74 Å². The first kappa shape index (κ1) is 25.8. The summed E-state index contributed by atoms with van der Waals surface area (Å²) in [5, 5.41) is 25.8. The maximum absolute atomic E-state index is 14.3. The number of allylic oxidation sites excluding steroid dienone is 1. The van der Waals surface area contributed by atoms with Gasteiger partial charge in [0.2, 0.25) is 5.91 Å². The molecule has 1 amide bonds. The fraction of sp³-hybridized carbons (Fsp3) is 0.586. The quantitative estimate of drug-likeness (QED) is 0.455. The molecule has 35 heavy (non-hydrogen) atoms. The van der Waals surface area contributed by atoms with Gasteiger partial charge in [-0.25, -0.2) is 0 Å². The summed E-state index contributed by atoms with van der Waals surface area (Å²) in [6.07, 6.45) is 3.63. The number of amides is 1. The molecule has 3 N–H and O–H groups in total. The summed E-state index contributed by atoms with van der Waals surface area (Å²) >= 11 is 0. The third kappa shape index (κ3) is 4.30. The van der Waals surface area contributed by atoms with Crippen LogP contribution < -0.4 is 5.32 Å². The van der Waals surface area contributed by atoms with Crippen molar-refractivity contribution in [1.82, 2.24) is 5.32 Å². The van der Waals surface area contributed by atoms with Crippen molar-refractivity contribution >= 4 is 11.7 Å². The first-order valence-electron chi connectivity index (χ1n) is 12.7. The molecule has 4 rings (SSSR count). The molecule has 0 radical (unpaired) electrons. The van der Waals surface area contributed by atoms with E-state index in [-0.39, 0.29) is 41.9 Å². The third-order valence-electron chi connectivity index (χ3n) is 8.77. The van der Waals surface area contributed by atoms with Crippen molar-refractivity contribution in [1.29, 1.82) is 0 Å². The maximum atomic E-state index is 14.3. The van der Waals surface area contributed by atoms with Crippen molar-refractivity contribution in [3.63, 3.8) is 0 Å². The third-order valence-corrected chi connectivity index (χ3v) is 8.77. The van der Waals surface area contributed by atoms with E-state index in [2.05, 4.69) is 11.9 Å². The molecule has 6 heteroatoms. The Morgan fingerprint density at radius 2 is 1.89 bits per heavy atom.